The Bertz CT molecular complexity index is 349. The van der Waals surface area contributed by atoms with Crippen LogP contribution in [0, 0.1) is 5.41 Å². The fraction of sp³-hybridized carbons (Fsp3) is 0.929. The van der Waals surface area contributed by atoms with E-state index >= 15 is 0 Å². The van der Waals surface area contributed by atoms with Crippen molar-refractivity contribution < 1.29 is 4.79 Å². The molecule has 0 radical (unpaired) electrons. The predicted octanol–water partition coefficient (Wildman–Crippen LogP) is 1.92. The van der Waals surface area contributed by atoms with Gasteiger partial charge >= 0.3 is 6.03 Å². The molecule has 4 nitrogen and oxygen atoms in total. The largest absolute Gasteiger partial charge is 0.335 e. The van der Waals surface area contributed by atoms with Crippen molar-refractivity contribution in [3.8, 4) is 0 Å². The van der Waals surface area contributed by atoms with E-state index in [1.54, 1.807) is 0 Å². The second-order valence-corrected chi connectivity index (χ2v) is 7.31. The Kier molecular flexibility index (Phi) is 3.69. The fourth-order valence-electron chi connectivity index (χ4n) is 3.38. The molecule has 0 aromatic rings. The first-order valence-electron chi connectivity index (χ1n) is 7.56. The highest BCUT2D eigenvalue weighted by molar-refractivity contribution is 7.80. The molecular formula is C14H25N3OS. The number of likely N-dealkylation sites (tertiary alicyclic amines) is 2. The summed E-state index contributed by atoms with van der Waals surface area (Å²) in [6.07, 6.45) is 5.98. The van der Waals surface area contributed by atoms with Gasteiger partial charge in [0.1, 0.15) is 0 Å². The standard InChI is InChI=1S/C14H25N3OS/c1-11(19)16-7-2-12(3-8-16)15-13(18)17-9-6-14(10-17)4-5-14/h11-12,19H,2-10H2,1H3,(H,15,18). The Morgan fingerprint density at radius 2 is 1.95 bits per heavy atom. The Labute approximate surface area is 121 Å². The van der Waals surface area contributed by atoms with Crippen molar-refractivity contribution in [3.05, 3.63) is 0 Å². The first-order chi connectivity index (χ1) is 9.08. The maximum absolute atomic E-state index is 12.2. The molecule has 2 heterocycles. The molecule has 3 aliphatic rings. The van der Waals surface area contributed by atoms with Crippen LogP contribution in [0.15, 0.2) is 0 Å². The van der Waals surface area contributed by atoms with Gasteiger partial charge in [-0.15, -0.1) is 0 Å². The second-order valence-electron chi connectivity index (χ2n) is 6.56. The van der Waals surface area contributed by atoms with Crippen LogP contribution in [0.2, 0.25) is 0 Å². The number of piperidine rings is 1. The maximum atomic E-state index is 12.2. The van der Waals surface area contributed by atoms with Crippen LogP contribution in [0.25, 0.3) is 0 Å². The van der Waals surface area contributed by atoms with E-state index in [9.17, 15) is 4.79 Å². The van der Waals surface area contributed by atoms with Crippen LogP contribution in [-0.2, 0) is 0 Å². The molecule has 3 rings (SSSR count). The molecule has 1 atom stereocenters. The Morgan fingerprint density at radius 3 is 2.47 bits per heavy atom. The monoisotopic (exact) mass is 283 g/mol. The van der Waals surface area contributed by atoms with Gasteiger partial charge in [0.05, 0.1) is 0 Å². The molecule has 1 spiro atoms. The number of rotatable bonds is 2. The zero-order valence-electron chi connectivity index (χ0n) is 11.8. The Hall–Kier alpha value is -0.420. The van der Waals surface area contributed by atoms with Crippen LogP contribution in [0.3, 0.4) is 0 Å². The minimum Gasteiger partial charge on any atom is -0.335 e. The average Bonchev–Trinajstić information content (AvgIpc) is 2.99. The van der Waals surface area contributed by atoms with Crippen LogP contribution >= 0.6 is 12.6 Å². The molecule has 5 heteroatoms. The molecule has 0 aromatic carbocycles. The molecule has 2 aliphatic heterocycles. The van der Waals surface area contributed by atoms with Gasteiger partial charge in [0.2, 0.25) is 0 Å². The van der Waals surface area contributed by atoms with E-state index in [4.69, 9.17) is 0 Å². The number of nitrogens with zero attached hydrogens (tertiary/aromatic N) is 2. The molecule has 1 saturated carbocycles. The van der Waals surface area contributed by atoms with Crippen LogP contribution < -0.4 is 5.32 Å². The van der Waals surface area contributed by atoms with Crippen LogP contribution in [-0.4, -0.2) is 53.4 Å². The highest BCUT2D eigenvalue weighted by Crippen LogP contribution is 2.52. The van der Waals surface area contributed by atoms with Crippen molar-refractivity contribution in [3.63, 3.8) is 0 Å². The summed E-state index contributed by atoms with van der Waals surface area (Å²) in [6, 6.07) is 0.521. The summed E-state index contributed by atoms with van der Waals surface area (Å²) in [6.45, 7) is 6.14. The van der Waals surface area contributed by atoms with Gasteiger partial charge in [-0.1, -0.05) is 0 Å². The number of hydrogen-bond donors (Lipinski definition) is 2. The third kappa shape index (κ3) is 3.02. The zero-order chi connectivity index (χ0) is 13.5. The van der Waals surface area contributed by atoms with Gasteiger partial charge in [0, 0.05) is 37.6 Å². The van der Waals surface area contributed by atoms with E-state index in [1.165, 1.54) is 19.3 Å². The van der Waals surface area contributed by atoms with E-state index in [0.29, 0.717) is 16.8 Å². The van der Waals surface area contributed by atoms with Gasteiger partial charge in [0.15, 0.2) is 0 Å². The van der Waals surface area contributed by atoms with Gasteiger partial charge < -0.3 is 10.2 Å². The lowest BCUT2D eigenvalue weighted by atomic mass is 10.1. The third-order valence-electron chi connectivity index (χ3n) is 5.07. The first-order valence-corrected chi connectivity index (χ1v) is 8.07. The molecule has 1 aliphatic carbocycles. The predicted molar refractivity (Wildman–Crippen MR) is 79.4 cm³/mol. The molecule has 0 bridgehead atoms. The van der Waals surface area contributed by atoms with Gasteiger partial charge in [-0.05, 0) is 44.4 Å². The topological polar surface area (TPSA) is 35.6 Å². The lowest BCUT2D eigenvalue weighted by Gasteiger charge is -2.35. The van der Waals surface area contributed by atoms with Gasteiger partial charge in [-0.3, -0.25) is 4.90 Å². The normalized spacial score (nSPS) is 28.6. The van der Waals surface area contributed by atoms with E-state index in [0.717, 1.165) is 39.0 Å². The minimum atomic E-state index is 0.168. The minimum absolute atomic E-state index is 0.168. The van der Waals surface area contributed by atoms with E-state index in [-0.39, 0.29) is 6.03 Å². The summed E-state index contributed by atoms with van der Waals surface area (Å²) in [5.41, 5.74) is 0.530. The summed E-state index contributed by atoms with van der Waals surface area (Å²) in [5.74, 6) is 0. The smallest absolute Gasteiger partial charge is 0.317 e. The molecule has 3 fully saturated rings. The Morgan fingerprint density at radius 1 is 1.26 bits per heavy atom. The summed E-state index contributed by atoms with van der Waals surface area (Å²) in [5, 5.41) is 3.55. The highest BCUT2D eigenvalue weighted by Gasteiger charge is 2.48. The number of carbonyl (C=O) groups excluding carboxylic acids is 1. The van der Waals surface area contributed by atoms with Crippen molar-refractivity contribution in [2.45, 2.75) is 50.4 Å². The highest BCUT2D eigenvalue weighted by atomic mass is 32.1. The molecule has 2 amide bonds. The van der Waals surface area contributed by atoms with E-state index in [1.807, 2.05) is 4.90 Å². The maximum Gasteiger partial charge on any atom is 0.317 e. The number of thiol groups is 1. The number of hydrogen-bond acceptors (Lipinski definition) is 3. The van der Waals surface area contributed by atoms with E-state index < -0.39 is 0 Å². The van der Waals surface area contributed by atoms with Crippen molar-refractivity contribution in [2.75, 3.05) is 26.2 Å². The number of nitrogens with one attached hydrogen (secondary N) is 1. The summed E-state index contributed by atoms with van der Waals surface area (Å²) < 4.78 is 0. The van der Waals surface area contributed by atoms with Crippen molar-refractivity contribution in [1.82, 2.24) is 15.1 Å². The van der Waals surface area contributed by atoms with Gasteiger partial charge in [-0.25, -0.2) is 4.79 Å². The first kappa shape index (κ1) is 13.6. The number of amides is 2. The van der Waals surface area contributed by atoms with Crippen LogP contribution in [0.1, 0.15) is 39.0 Å². The van der Waals surface area contributed by atoms with Crippen molar-refractivity contribution in [2.24, 2.45) is 5.41 Å². The van der Waals surface area contributed by atoms with Crippen LogP contribution in [0.5, 0.6) is 0 Å². The van der Waals surface area contributed by atoms with E-state index in [2.05, 4.69) is 29.8 Å². The molecule has 0 aromatic heterocycles. The zero-order valence-corrected chi connectivity index (χ0v) is 12.7. The summed E-state index contributed by atoms with van der Waals surface area (Å²) >= 11 is 4.47. The third-order valence-corrected chi connectivity index (χ3v) is 5.39. The summed E-state index contributed by atoms with van der Waals surface area (Å²) in [4.78, 5) is 16.6. The molecule has 1 N–H and O–H groups in total. The van der Waals surface area contributed by atoms with Crippen molar-refractivity contribution in [1.29, 1.82) is 0 Å². The van der Waals surface area contributed by atoms with Crippen molar-refractivity contribution >= 4 is 18.7 Å². The SMILES string of the molecule is CC(S)N1CCC(NC(=O)N2CCC3(CC3)C2)CC1. The molecule has 2 saturated heterocycles. The van der Waals surface area contributed by atoms with Gasteiger partial charge in [0.25, 0.3) is 0 Å². The van der Waals surface area contributed by atoms with Gasteiger partial charge in [-0.2, -0.15) is 12.6 Å². The molecule has 1 unspecified atom stereocenters. The van der Waals surface area contributed by atoms with Crippen LogP contribution in [0.4, 0.5) is 4.79 Å². The quantitative estimate of drug-likeness (QED) is 0.760. The molecule has 108 valence electrons. The lowest BCUT2D eigenvalue weighted by Crippen LogP contribution is -2.49. The summed E-state index contributed by atoms with van der Waals surface area (Å²) in [7, 11) is 0. The lowest BCUT2D eigenvalue weighted by molar-refractivity contribution is 0.174. The molecule has 19 heavy (non-hydrogen) atoms. The second kappa shape index (κ2) is 5.17. The fourth-order valence-corrected chi connectivity index (χ4v) is 3.61. The number of urea groups is 1. The number of carbonyl (C=O) groups is 1. The Balaban J connectivity index is 1.43. The molecular weight excluding hydrogens is 258 g/mol. The average molecular weight is 283 g/mol.